The fourth-order valence-electron chi connectivity index (χ4n) is 3.15. The van der Waals surface area contributed by atoms with E-state index in [9.17, 15) is 9.90 Å². The van der Waals surface area contributed by atoms with Gasteiger partial charge in [0, 0.05) is 11.5 Å². The number of carbonyl (C=O) groups is 1. The lowest BCUT2D eigenvalue weighted by molar-refractivity contribution is -0.198. The molecule has 2 aromatic carbocycles. The third-order valence-electron chi connectivity index (χ3n) is 4.57. The van der Waals surface area contributed by atoms with E-state index in [-0.39, 0.29) is 0 Å². The third-order valence-corrected chi connectivity index (χ3v) is 4.57. The highest BCUT2D eigenvalue weighted by Gasteiger charge is 2.36. The van der Waals surface area contributed by atoms with Crippen LogP contribution in [-0.4, -0.2) is 29.6 Å². The van der Waals surface area contributed by atoms with Gasteiger partial charge in [-0.25, -0.2) is 4.79 Å². The number of alkyl carbamates (subject to hydrolysis) is 1. The predicted octanol–water partition coefficient (Wildman–Crippen LogP) is 3.83. The highest BCUT2D eigenvalue weighted by atomic mass is 16.6. The van der Waals surface area contributed by atoms with Crippen LogP contribution in [0.25, 0.3) is 10.4 Å². The lowest BCUT2D eigenvalue weighted by Crippen LogP contribution is -2.42. The summed E-state index contributed by atoms with van der Waals surface area (Å²) >= 11 is 0. The van der Waals surface area contributed by atoms with Crippen LogP contribution >= 0.6 is 0 Å². The third kappa shape index (κ3) is 5.23. The van der Waals surface area contributed by atoms with Crippen LogP contribution in [0.1, 0.15) is 30.1 Å². The summed E-state index contributed by atoms with van der Waals surface area (Å²) in [5.74, 6) is 0. The van der Waals surface area contributed by atoms with Crippen LogP contribution in [0.2, 0.25) is 0 Å². The maximum Gasteiger partial charge on any atom is 0.408 e. The molecule has 2 unspecified atom stereocenters. The second-order valence-electron chi connectivity index (χ2n) is 6.49. The average molecular weight is 382 g/mol. The van der Waals surface area contributed by atoms with Gasteiger partial charge in [0.05, 0.1) is 6.04 Å². The summed E-state index contributed by atoms with van der Waals surface area (Å²) in [5.41, 5.74) is 10.3. The van der Waals surface area contributed by atoms with Gasteiger partial charge >= 0.3 is 6.09 Å². The Bertz CT molecular complexity index is 811. The highest BCUT2D eigenvalue weighted by Crippen LogP contribution is 2.32. The summed E-state index contributed by atoms with van der Waals surface area (Å²) in [6, 6.07) is 18.1. The Hall–Kier alpha value is -3.06. The number of aliphatic hydroxyl groups excluding tert-OH is 1. The van der Waals surface area contributed by atoms with Crippen LogP contribution in [0, 0.1) is 0 Å². The molecule has 0 saturated carbocycles. The van der Waals surface area contributed by atoms with Gasteiger partial charge in [0.2, 0.25) is 0 Å². The van der Waals surface area contributed by atoms with Crippen molar-refractivity contribution < 1.29 is 19.4 Å². The molecular formula is C20H22N4O4. The van der Waals surface area contributed by atoms with Gasteiger partial charge in [0.15, 0.2) is 12.4 Å². The monoisotopic (exact) mass is 382 g/mol. The van der Waals surface area contributed by atoms with Gasteiger partial charge in [-0.05, 0) is 29.5 Å². The minimum Gasteiger partial charge on any atom is -0.439 e. The summed E-state index contributed by atoms with van der Waals surface area (Å²) in [6.07, 6.45) is -2.14. The molecule has 0 spiro atoms. The van der Waals surface area contributed by atoms with Crippen molar-refractivity contribution in [3.8, 4) is 0 Å². The molecule has 28 heavy (non-hydrogen) atoms. The minimum absolute atomic E-state index is 0.342. The number of rotatable bonds is 6. The predicted molar refractivity (Wildman–Crippen MR) is 102 cm³/mol. The molecule has 1 heterocycles. The summed E-state index contributed by atoms with van der Waals surface area (Å²) in [5, 5.41) is 16.4. The van der Waals surface area contributed by atoms with Gasteiger partial charge in [-0.15, -0.1) is 0 Å². The van der Waals surface area contributed by atoms with Crippen molar-refractivity contribution in [3.63, 3.8) is 0 Å². The van der Waals surface area contributed by atoms with Crippen molar-refractivity contribution in [2.45, 2.75) is 43.9 Å². The van der Waals surface area contributed by atoms with E-state index in [1.54, 1.807) is 0 Å². The molecule has 0 radical (unpaired) electrons. The fraction of sp³-hybridized carbons (Fsp3) is 0.350. The van der Waals surface area contributed by atoms with Crippen LogP contribution in [0.15, 0.2) is 65.8 Å². The molecule has 1 aliphatic heterocycles. The molecule has 4 atom stereocenters. The van der Waals surface area contributed by atoms with E-state index in [2.05, 4.69) is 15.3 Å². The number of ether oxygens (including phenoxy) is 2. The molecule has 2 N–H and O–H groups in total. The van der Waals surface area contributed by atoms with Crippen molar-refractivity contribution >= 4 is 6.09 Å². The van der Waals surface area contributed by atoms with Crippen LogP contribution in [0.5, 0.6) is 0 Å². The fourth-order valence-corrected chi connectivity index (χ4v) is 3.15. The van der Waals surface area contributed by atoms with E-state index in [1.807, 2.05) is 60.7 Å². The van der Waals surface area contributed by atoms with Crippen molar-refractivity contribution in [1.29, 1.82) is 0 Å². The number of hydrogen-bond donors (Lipinski definition) is 2. The number of amides is 1. The molecule has 146 valence electrons. The van der Waals surface area contributed by atoms with E-state index >= 15 is 0 Å². The summed E-state index contributed by atoms with van der Waals surface area (Å²) in [7, 11) is 0. The SMILES string of the molecule is [N-]=[N+]=NC1CC[C@@H]([C@H](OC(=O)NCc2ccccc2)c2ccccc2)OC1O. The zero-order valence-electron chi connectivity index (χ0n) is 15.2. The summed E-state index contributed by atoms with van der Waals surface area (Å²) < 4.78 is 11.3. The molecule has 8 nitrogen and oxygen atoms in total. The van der Waals surface area contributed by atoms with Crippen LogP contribution in [0.4, 0.5) is 4.79 Å². The first-order chi connectivity index (χ1) is 13.7. The van der Waals surface area contributed by atoms with Crippen LogP contribution in [-0.2, 0) is 16.0 Å². The number of hydrogen-bond acceptors (Lipinski definition) is 5. The number of nitrogens with zero attached hydrogens (tertiary/aromatic N) is 3. The zero-order chi connectivity index (χ0) is 19.8. The van der Waals surface area contributed by atoms with E-state index < -0.39 is 30.6 Å². The van der Waals surface area contributed by atoms with E-state index in [4.69, 9.17) is 15.0 Å². The molecule has 1 fully saturated rings. The molecule has 1 amide bonds. The lowest BCUT2D eigenvalue weighted by Gasteiger charge is -2.35. The Labute approximate surface area is 162 Å². The van der Waals surface area contributed by atoms with Gasteiger partial charge in [0.1, 0.15) is 6.10 Å². The summed E-state index contributed by atoms with van der Waals surface area (Å²) in [4.78, 5) is 15.1. The first-order valence-electron chi connectivity index (χ1n) is 9.08. The largest absolute Gasteiger partial charge is 0.439 e. The molecule has 2 aromatic rings. The number of nitrogens with one attached hydrogen (secondary N) is 1. The average Bonchev–Trinajstić information content (AvgIpc) is 2.73. The topological polar surface area (TPSA) is 117 Å². The Morgan fingerprint density at radius 3 is 2.54 bits per heavy atom. The Morgan fingerprint density at radius 2 is 1.89 bits per heavy atom. The Balaban J connectivity index is 1.68. The van der Waals surface area contributed by atoms with Gasteiger partial charge in [-0.1, -0.05) is 65.8 Å². The van der Waals surface area contributed by atoms with Crippen LogP contribution in [0.3, 0.4) is 0 Å². The maximum atomic E-state index is 12.4. The minimum atomic E-state index is -1.24. The maximum absolute atomic E-state index is 12.4. The smallest absolute Gasteiger partial charge is 0.408 e. The molecule has 0 aliphatic carbocycles. The lowest BCUT2D eigenvalue weighted by atomic mass is 9.96. The van der Waals surface area contributed by atoms with Gasteiger partial charge in [0.25, 0.3) is 0 Å². The highest BCUT2D eigenvalue weighted by molar-refractivity contribution is 5.67. The Kier molecular flexibility index (Phi) is 6.86. The summed E-state index contributed by atoms with van der Waals surface area (Å²) in [6.45, 7) is 0.342. The van der Waals surface area contributed by atoms with Crippen molar-refractivity contribution in [1.82, 2.24) is 5.32 Å². The first kappa shape index (κ1) is 19.7. The van der Waals surface area contributed by atoms with Crippen molar-refractivity contribution in [2.24, 2.45) is 5.11 Å². The number of benzene rings is 2. The number of aliphatic hydroxyl groups is 1. The molecule has 3 rings (SSSR count). The standard InChI is InChI=1S/C20H22N4O4/c21-24-23-16-11-12-17(27-19(16)25)18(15-9-5-2-6-10-15)28-20(26)22-13-14-7-3-1-4-8-14/h1-10,16-19,25H,11-13H2,(H,22,26)/t16?,17-,18+,19?/m0/s1. The second-order valence-corrected chi connectivity index (χ2v) is 6.49. The Morgan fingerprint density at radius 1 is 1.21 bits per heavy atom. The molecule has 1 aliphatic rings. The van der Waals surface area contributed by atoms with E-state index in [0.717, 1.165) is 11.1 Å². The van der Waals surface area contributed by atoms with Crippen molar-refractivity contribution in [2.75, 3.05) is 0 Å². The van der Waals surface area contributed by atoms with Crippen molar-refractivity contribution in [3.05, 3.63) is 82.2 Å². The van der Waals surface area contributed by atoms with Gasteiger partial charge in [-0.3, -0.25) is 0 Å². The van der Waals surface area contributed by atoms with E-state index in [1.165, 1.54) is 0 Å². The number of azide groups is 1. The van der Waals surface area contributed by atoms with E-state index in [0.29, 0.717) is 19.4 Å². The second kappa shape index (κ2) is 9.75. The molecule has 0 bridgehead atoms. The van der Waals surface area contributed by atoms with Crippen LogP contribution < -0.4 is 5.32 Å². The van der Waals surface area contributed by atoms with Gasteiger partial charge in [-0.2, -0.15) is 0 Å². The molecular weight excluding hydrogens is 360 g/mol. The number of carbonyl (C=O) groups excluding carboxylic acids is 1. The molecule has 0 aromatic heterocycles. The normalized spacial score (nSPS) is 22.5. The van der Waals surface area contributed by atoms with Gasteiger partial charge < -0.3 is 19.9 Å². The first-order valence-corrected chi connectivity index (χ1v) is 9.08. The molecule has 1 saturated heterocycles. The molecule has 8 heteroatoms. The quantitative estimate of drug-likeness (QED) is 0.448. The zero-order valence-corrected chi connectivity index (χ0v) is 15.2.